The predicted octanol–water partition coefficient (Wildman–Crippen LogP) is 5.61. The second-order valence-corrected chi connectivity index (χ2v) is 14.1. The molecule has 0 aliphatic carbocycles. The second kappa shape index (κ2) is 10.4. The monoisotopic (exact) mass is 662 g/mol. The topological polar surface area (TPSA) is 57.2 Å². The summed E-state index contributed by atoms with van der Waals surface area (Å²) in [4.78, 5) is -0.150. The first-order valence-corrected chi connectivity index (χ1v) is 16.8. The van der Waals surface area contributed by atoms with Gasteiger partial charge in [-0.25, -0.2) is 8.42 Å². The summed E-state index contributed by atoms with van der Waals surface area (Å²) in [5.41, 5.74) is 0. The van der Waals surface area contributed by atoms with Crippen molar-refractivity contribution in [2.45, 2.75) is 4.90 Å². The Kier molecular flexibility index (Phi) is 6.58. The fourth-order valence-corrected chi connectivity index (χ4v) is 9.21. The van der Waals surface area contributed by atoms with Crippen LogP contribution in [-0.4, -0.2) is 13.0 Å². The SMILES string of the molecule is O=S(=O)([O-])c1ccc2ccc3cccc4ccc1c2c34.c1ccc2c([I+]c3cccc4ccccc34)cccc2c1. The van der Waals surface area contributed by atoms with Crippen molar-refractivity contribution in [2.24, 2.45) is 0 Å². The van der Waals surface area contributed by atoms with Crippen LogP contribution in [0.4, 0.5) is 0 Å². The van der Waals surface area contributed by atoms with Gasteiger partial charge in [0.05, 0.1) is 4.90 Å². The molecule has 0 N–H and O–H groups in total. The van der Waals surface area contributed by atoms with Gasteiger partial charge in [-0.15, -0.1) is 0 Å². The molecule has 0 radical (unpaired) electrons. The van der Waals surface area contributed by atoms with Crippen molar-refractivity contribution in [3.05, 3.63) is 147 Å². The van der Waals surface area contributed by atoms with Crippen LogP contribution in [0.15, 0.2) is 144 Å². The van der Waals surface area contributed by atoms with Crippen LogP contribution < -0.4 is 21.2 Å². The highest BCUT2D eigenvalue weighted by atomic mass is 127. The van der Waals surface area contributed by atoms with E-state index in [-0.39, 0.29) is 26.1 Å². The van der Waals surface area contributed by atoms with E-state index in [2.05, 4.69) is 84.9 Å². The molecule has 0 fully saturated rings. The third-order valence-electron chi connectivity index (χ3n) is 7.43. The highest BCUT2D eigenvalue weighted by molar-refractivity contribution is 7.86. The maximum absolute atomic E-state index is 11.4. The molecule has 41 heavy (non-hydrogen) atoms. The summed E-state index contributed by atoms with van der Waals surface area (Å²) in [6.07, 6.45) is 0. The molecular formula is C36H23IO3S. The average molecular weight is 663 g/mol. The summed E-state index contributed by atoms with van der Waals surface area (Å²) in [6, 6.07) is 47.3. The number of rotatable bonds is 3. The molecule has 0 amide bonds. The molecule has 8 aromatic rings. The van der Waals surface area contributed by atoms with E-state index < -0.39 is 10.1 Å². The standard InChI is InChI=1S/C20H14I.C16H10O3S/c1-3-11-17-15(7-1)9-5-13-19(17)21-20-14-6-10-16-8-2-4-12-18(16)20;17-20(18,19)14-9-7-12-5-4-10-2-1-3-11-6-8-13(14)16(12)15(10)11/h1-14H;1-9H,(H,17,18,19)/q+1;/p-1. The van der Waals surface area contributed by atoms with Gasteiger partial charge < -0.3 is 4.55 Å². The maximum atomic E-state index is 11.4. The Morgan fingerprint density at radius 3 is 1.44 bits per heavy atom. The zero-order valence-corrected chi connectivity index (χ0v) is 24.8. The summed E-state index contributed by atoms with van der Waals surface area (Å²) >= 11 is -0.176. The van der Waals surface area contributed by atoms with Crippen molar-refractivity contribution in [2.75, 3.05) is 0 Å². The highest BCUT2D eigenvalue weighted by Crippen LogP contribution is 2.37. The Bertz CT molecular complexity index is 2220. The first-order chi connectivity index (χ1) is 20.0. The van der Waals surface area contributed by atoms with E-state index in [1.165, 1.54) is 34.8 Å². The van der Waals surface area contributed by atoms with E-state index in [4.69, 9.17) is 0 Å². The second-order valence-electron chi connectivity index (χ2n) is 9.89. The number of benzene rings is 8. The Morgan fingerprint density at radius 1 is 0.415 bits per heavy atom. The Labute approximate surface area is 248 Å². The smallest absolute Gasteiger partial charge is 0.359 e. The van der Waals surface area contributed by atoms with Crippen LogP contribution in [0.2, 0.25) is 0 Å². The molecule has 0 atom stereocenters. The minimum absolute atomic E-state index is 0.150. The first-order valence-electron chi connectivity index (χ1n) is 13.2. The average Bonchev–Trinajstić information content (AvgIpc) is 3.00. The third kappa shape index (κ3) is 4.80. The number of halogens is 1. The predicted molar refractivity (Wildman–Crippen MR) is 163 cm³/mol. The summed E-state index contributed by atoms with van der Waals surface area (Å²) in [5.74, 6) is 0. The lowest BCUT2D eigenvalue weighted by molar-refractivity contribution is -0.592. The van der Waals surface area contributed by atoms with E-state index in [1.807, 2.05) is 36.4 Å². The fraction of sp³-hybridized carbons (Fsp3) is 0. The fourth-order valence-electron chi connectivity index (χ4n) is 5.57. The number of hydrogen-bond acceptors (Lipinski definition) is 3. The van der Waals surface area contributed by atoms with Crippen molar-refractivity contribution in [1.82, 2.24) is 0 Å². The van der Waals surface area contributed by atoms with Gasteiger partial charge in [-0.05, 0) is 68.0 Å². The molecule has 198 valence electrons. The van der Waals surface area contributed by atoms with E-state index >= 15 is 0 Å². The van der Waals surface area contributed by atoms with Crippen LogP contribution in [0.1, 0.15) is 0 Å². The normalized spacial score (nSPS) is 11.8. The van der Waals surface area contributed by atoms with Crippen molar-refractivity contribution in [1.29, 1.82) is 0 Å². The molecule has 0 aromatic heterocycles. The highest BCUT2D eigenvalue weighted by Gasteiger charge is 2.21. The molecule has 0 aliphatic heterocycles. The quantitative estimate of drug-likeness (QED) is 0.141. The van der Waals surface area contributed by atoms with E-state index in [1.54, 1.807) is 12.1 Å². The largest absolute Gasteiger partial charge is 0.744 e. The van der Waals surface area contributed by atoms with Gasteiger partial charge in [0, 0.05) is 16.2 Å². The van der Waals surface area contributed by atoms with E-state index in [0.29, 0.717) is 5.39 Å². The van der Waals surface area contributed by atoms with Crippen LogP contribution in [0.3, 0.4) is 0 Å². The van der Waals surface area contributed by atoms with Gasteiger partial charge in [0.1, 0.15) is 10.1 Å². The molecule has 0 bridgehead atoms. The van der Waals surface area contributed by atoms with Crippen LogP contribution in [-0.2, 0) is 10.1 Å². The molecule has 0 unspecified atom stereocenters. The molecule has 3 nitrogen and oxygen atoms in total. The molecule has 8 aromatic carbocycles. The number of hydrogen-bond donors (Lipinski definition) is 0. The summed E-state index contributed by atoms with van der Waals surface area (Å²) in [5, 5.41) is 10.9. The van der Waals surface area contributed by atoms with Gasteiger partial charge in [0.15, 0.2) is 0 Å². The van der Waals surface area contributed by atoms with Crippen molar-refractivity contribution in [3.8, 4) is 0 Å². The van der Waals surface area contributed by atoms with Crippen molar-refractivity contribution in [3.63, 3.8) is 0 Å². The van der Waals surface area contributed by atoms with Gasteiger partial charge in [0.25, 0.3) is 0 Å². The lowest BCUT2D eigenvalue weighted by atomic mass is 9.94. The molecule has 5 heteroatoms. The zero-order chi connectivity index (χ0) is 28.0. The maximum Gasteiger partial charge on any atom is 0.359 e. The van der Waals surface area contributed by atoms with E-state index in [9.17, 15) is 13.0 Å². The Morgan fingerprint density at radius 2 is 0.854 bits per heavy atom. The summed E-state index contributed by atoms with van der Waals surface area (Å²) in [7, 11) is -4.48. The first kappa shape index (κ1) is 25.9. The molecule has 8 rings (SSSR count). The lowest BCUT2D eigenvalue weighted by Crippen LogP contribution is -3.61. The lowest BCUT2D eigenvalue weighted by Gasteiger charge is -2.15. The number of fused-ring (bicyclic) bond motifs is 2. The molecule has 0 spiro atoms. The minimum Gasteiger partial charge on any atom is -0.744 e. The molecule has 0 saturated heterocycles. The van der Waals surface area contributed by atoms with Crippen LogP contribution in [0.25, 0.3) is 53.9 Å². The Hall–Kier alpha value is -4.04. The van der Waals surface area contributed by atoms with E-state index in [0.717, 1.165) is 26.9 Å². The molecule has 0 aliphatic rings. The molecule has 0 heterocycles. The molecular weight excluding hydrogens is 639 g/mol. The summed E-state index contributed by atoms with van der Waals surface area (Å²) < 4.78 is 37.3. The van der Waals surface area contributed by atoms with Gasteiger partial charge >= 0.3 is 21.2 Å². The van der Waals surface area contributed by atoms with Gasteiger partial charge in [-0.1, -0.05) is 109 Å². The third-order valence-corrected chi connectivity index (χ3v) is 11.4. The molecule has 0 saturated carbocycles. The van der Waals surface area contributed by atoms with Gasteiger partial charge in [0.2, 0.25) is 7.14 Å². The van der Waals surface area contributed by atoms with Crippen molar-refractivity contribution >= 4 is 64.0 Å². The zero-order valence-electron chi connectivity index (χ0n) is 21.8. The Balaban J connectivity index is 0.000000135. The van der Waals surface area contributed by atoms with Crippen LogP contribution >= 0.6 is 0 Å². The van der Waals surface area contributed by atoms with Crippen LogP contribution in [0, 0.1) is 7.14 Å². The van der Waals surface area contributed by atoms with Gasteiger partial charge in [-0.2, -0.15) is 0 Å². The summed E-state index contributed by atoms with van der Waals surface area (Å²) in [6.45, 7) is 0. The minimum atomic E-state index is -4.48. The van der Waals surface area contributed by atoms with Gasteiger partial charge in [-0.3, -0.25) is 0 Å². The van der Waals surface area contributed by atoms with Crippen molar-refractivity contribution < 1.29 is 34.2 Å². The van der Waals surface area contributed by atoms with Crippen LogP contribution in [0.5, 0.6) is 0 Å².